The van der Waals surface area contributed by atoms with Crippen LogP contribution in [0.2, 0.25) is 5.02 Å². The highest BCUT2D eigenvalue weighted by atomic mass is 35.5. The summed E-state index contributed by atoms with van der Waals surface area (Å²) in [6.07, 6.45) is 0.840. The Kier molecular flexibility index (Phi) is 3.98. The van der Waals surface area contributed by atoms with Crippen LogP contribution in [0.4, 0.5) is 0 Å². The van der Waals surface area contributed by atoms with Gasteiger partial charge in [0.25, 0.3) is 0 Å². The fourth-order valence-corrected chi connectivity index (χ4v) is 2.56. The molecule has 3 aromatic rings. The molecule has 3 heteroatoms. The maximum absolute atomic E-state index is 6.00. The summed E-state index contributed by atoms with van der Waals surface area (Å²) < 4.78 is 0. The maximum atomic E-state index is 6.00. The van der Waals surface area contributed by atoms with Crippen LogP contribution in [0.1, 0.15) is 11.3 Å². The molecule has 0 spiro atoms. The Labute approximate surface area is 129 Å². The summed E-state index contributed by atoms with van der Waals surface area (Å²) in [5.41, 5.74) is 4.50. The van der Waals surface area contributed by atoms with E-state index in [0.29, 0.717) is 0 Å². The van der Waals surface area contributed by atoms with Crippen molar-refractivity contribution in [3.63, 3.8) is 0 Å². The van der Waals surface area contributed by atoms with Crippen molar-refractivity contribution in [1.82, 2.24) is 10.3 Å². The summed E-state index contributed by atoms with van der Waals surface area (Å²) in [5.74, 6) is 0. The molecular weight excluding hydrogens is 280 g/mol. The first kappa shape index (κ1) is 13.8. The first-order valence-corrected chi connectivity index (χ1v) is 7.31. The van der Waals surface area contributed by atoms with Gasteiger partial charge >= 0.3 is 0 Å². The van der Waals surface area contributed by atoms with Crippen molar-refractivity contribution in [3.8, 4) is 0 Å². The zero-order valence-electron chi connectivity index (χ0n) is 11.7. The van der Waals surface area contributed by atoms with Gasteiger partial charge in [0.05, 0.1) is 6.54 Å². The topological polar surface area (TPSA) is 27.8 Å². The highest BCUT2D eigenvalue weighted by Crippen LogP contribution is 2.20. The molecule has 0 saturated carbocycles. The lowest BCUT2D eigenvalue weighted by Crippen LogP contribution is -2.13. The molecule has 2 aromatic carbocycles. The van der Waals surface area contributed by atoms with Crippen LogP contribution in [-0.4, -0.2) is 4.98 Å². The Bertz CT molecular complexity index is 759. The number of fused-ring (bicyclic) bond motifs is 1. The third-order valence-electron chi connectivity index (χ3n) is 3.43. The Hall–Kier alpha value is -2.19. The summed E-state index contributed by atoms with van der Waals surface area (Å²) >= 11 is 6.00. The van der Waals surface area contributed by atoms with Crippen LogP contribution in [0.5, 0.6) is 0 Å². The van der Waals surface area contributed by atoms with Crippen LogP contribution in [-0.2, 0) is 13.0 Å². The van der Waals surface area contributed by atoms with Gasteiger partial charge in [0.15, 0.2) is 0 Å². The van der Waals surface area contributed by atoms with E-state index >= 15 is 0 Å². The molecule has 2 N–H and O–H groups in total. The van der Waals surface area contributed by atoms with Gasteiger partial charge in [-0.25, -0.2) is 0 Å². The summed E-state index contributed by atoms with van der Waals surface area (Å²) in [6, 6.07) is 18.3. The lowest BCUT2D eigenvalue weighted by molar-refractivity contribution is 0.772. The molecule has 0 atom stereocenters. The van der Waals surface area contributed by atoms with Crippen molar-refractivity contribution in [3.05, 3.63) is 83.2 Å². The fourth-order valence-electron chi connectivity index (χ4n) is 2.38. The van der Waals surface area contributed by atoms with Crippen molar-refractivity contribution >= 4 is 22.5 Å². The molecule has 2 nitrogen and oxygen atoms in total. The van der Waals surface area contributed by atoms with Gasteiger partial charge in [-0.2, -0.15) is 0 Å². The normalized spacial score (nSPS) is 10.7. The van der Waals surface area contributed by atoms with Crippen molar-refractivity contribution in [2.75, 3.05) is 0 Å². The highest BCUT2D eigenvalue weighted by Gasteiger charge is 2.02. The number of aromatic amines is 1. The highest BCUT2D eigenvalue weighted by molar-refractivity contribution is 6.31. The number of hydrogen-bond donors (Lipinski definition) is 2. The first-order valence-electron chi connectivity index (χ1n) is 6.93. The van der Waals surface area contributed by atoms with E-state index in [1.807, 2.05) is 36.4 Å². The molecule has 0 unspecified atom stereocenters. The number of hydrogen-bond acceptors (Lipinski definition) is 1. The van der Waals surface area contributed by atoms with Crippen LogP contribution in [0.25, 0.3) is 10.9 Å². The van der Waals surface area contributed by atoms with Crippen molar-refractivity contribution in [1.29, 1.82) is 0 Å². The van der Waals surface area contributed by atoms with Crippen LogP contribution in [0, 0.1) is 0 Å². The molecular formula is C18H17ClN2. The summed E-state index contributed by atoms with van der Waals surface area (Å²) in [5, 5.41) is 5.26. The second-order valence-electron chi connectivity index (χ2n) is 5.15. The SMILES string of the molecule is C=C(Cc1ccccc1)NCc1cc2cc(Cl)ccc2[nH]1. The largest absolute Gasteiger partial charge is 0.383 e. The molecule has 3 rings (SSSR count). The number of H-pyrrole nitrogens is 1. The summed E-state index contributed by atoms with van der Waals surface area (Å²) in [7, 11) is 0. The first-order chi connectivity index (χ1) is 10.2. The van der Waals surface area contributed by atoms with Crippen LogP contribution < -0.4 is 5.32 Å². The van der Waals surface area contributed by atoms with Crippen LogP contribution in [0.3, 0.4) is 0 Å². The minimum absolute atomic E-state index is 0.734. The van der Waals surface area contributed by atoms with Crippen molar-refractivity contribution < 1.29 is 0 Å². The quantitative estimate of drug-likeness (QED) is 0.704. The molecule has 0 fully saturated rings. The number of allylic oxidation sites excluding steroid dienone is 1. The fraction of sp³-hybridized carbons (Fsp3) is 0.111. The number of benzene rings is 2. The van der Waals surface area contributed by atoms with E-state index in [0.717, 1.165) is 40.3 Å². The van der Waals surface area contributed by atoms with Gasteiger partial charge in [-0.05, 0) is 29.8 Å². The monoisotopic (exact) mass is 296 g/mol. The lowest BCUT2D eigenvalue weighted by atomic mass is 10.1. The average molecular weight is 297 g/mol. The minimum Gasteiger partial charge on any atom is -0.383 e. The van der Waals surface area contributed by atoms with Gasteiger partial charge < -0.3 is 10.3 Å². The van der Waals surface area contributed by atoms with Gasteiger partial charge in [0, 0.05) is 33.7 Å². The van der Waals surface area contributed by atoms with Crippen molar-refractivity contribution in [2.24, 2.45) is 0 Å². The van der Waals surface area contributed by atoms with Crippen LogP contribution >= 0.6 is 11.6 Å². The van der Waals surface area contributed by atoms with E-state index in [9.17, 15) is 0 Å². The number of aromatic nitrogens is 1. The van der Waals surface area contributed by atoms with Gasteiger partial charge in [-0.15, -0.1) is 0 Å². The zero-order chi connectivity index (χ0) is 14.7. The molecule has 0 saturated heterocycles. The molecule has 0 amide bonds. The molecule has 0 aliphatic carbocycles. The third-order valence-corrected chi connectivity index (χ3v) is 3.66. The zero-order valence-corrected chi connectivity index (χ0v) is 12.5. The molecule has 21 heavy (non-hydrogen) atoms. The number of rotatable bonds is 5. The Balaban J connectivity index is 1.62. The van der Waals surface area contributed by atoms with Crippen LogP contribution in [0.15, 0.2) is 66.9 Å². The third kappa shape index (κ3) is 3.47. The summed E-state index contributed by atoms with van der Waals surface area (Å²) in [4.78, 5) is 3.38. The number of halogens is 1. The van der Waals surface area contributed by atoms with E-state index in [1.54, 1.807) is 0 Å². The molecule has 0 radical (unpaired) electrons. The van der Waals surface area contributed by atoms with Crippen molar-refractivity contribution in [2.45, 2.75) is 13.0 Å². The smallest absolute Gasteiger partial charge is 0.0548 e. The average Bonchev–Trinajstić information content (AvgIpc) is 2.88. The predicted octanol–water partition coefficient (Wildman–Crippen LogP) is 4.67. The minimum atomic E-state index is 0.734. The summed E-state index contributed by atoms with van der Waals surface area (Å²) in [6.45, 7) is 4.82. The Morgan fingerprint density at radius 3 is 2.71 bits per heavy atom. The molecule has 106 valence electrons. The maximum Gasteiger partial charge on any atom is 0.0548 e. The molecule has 0 aliphatic heterocycles. The van der Waals surface area contributed by atoms with E-state index in [4.69, 9.17) is 11.6 Å². The molecule has 0 aliphatic rings. The molecule has 0 bridgehead atoms. The Morgan fingerprint density at radius 2 is 1.90 bits per heavy atom. The van der Waals surface area contributed by atoms with Gasteiger partial charge in [-0.3, -0.25) is 0 Å². The lowest BCUT2D eigenvalue weighted by Gasteiger charge is -2.08. The van der Waals surface area contributed by atoms with E-state index in [2.05, 4.69) is 35.1 Å². The molecule has 1 aromatic heterocycles. The Morgan fingerprint density at radius 1 is 1.10 bits per heavy atom. The van der Waals surface area contributed by atoms with Gasteiger partial charge in [-0.1, -0.05) is 48.5 Å². The standard InChI is InChI=1S/C18H17ClN2/c1-13(9-14-5-3-2-4-6-14)20-12-17-11-15-10-16(19)7-8-18(15)21-17/h2-8,10-11,20-21H,1,9,12H2. The van der Waals surface area contributed by atoms with Gasteiger partial charge in [0.1, 0.15) is 0 Å². The van der Waals surface area contributed by atoms with E-state index in [1.165, 1.54) is 5.56 Å². The van der Waals surface area contributed by atoms with E-state index < -0.39 is 0 Å². The predicted molar refractivity (Wildman–Crippen MR) is 89.4 cm³/mol. The second-order valence-corrected chi connectivity index (χ2v) is 5.58. The second kappa shape index (κ2) is 6.06. The molecule has 1 heterocycles. The van der Waals surface area contributed by atoms with E-state index in [-0.39, 0.29) is 0 Å². The number of nitrogens with one attached hydrogen (secondary N) is 2. The van der Waals surface area contributed by atoms with Gasteiger partial charge in [0.2, 0.25) is 0 Å².